The highest BCUT2D eigenvalue weighted by atomic mass is 79.9. The summed E-state index contributed by atoms with van der Waals surface area (Å²) in [4.78, 5) is 31.9. The topological polar surface area (TPSA) is 129 Å². The monoisotopic (exact) mass is 355 g/mol. The number of rotatable bonds is 4. The minimum atomic E-state index is -0.812. The summed E-state index contributed by atoms with van der Waals surface area (Å²) >= 11 is 3.01. The molecule has 1 heterocycles. The lowest BCUT2D eigenvalue weighted by atomic mass is 10.2. The normalized spacial score (nSPS) is 10.1. The van der Waals surface area contributed by atoms with Gasteiger partial charge in [-0.2, -0.15) is 0 Å². The SMILES string of the molecule is O=C(Nc1ccc([N+](=O)[O-])cc1[N+](=O)[O-])c1ccoc1Br. The Kier molecular flexibility index (Phi) is 3.98. The first kappa shape index (κ1) is 14.7. The Bertz CT molecular complexity index is 741. The number of non-ortho nitro benzene ring substituents is 1. The van der Waals surface area contributed by atoms with Crippen LogP contribution in [-0.2, 0) is 0 Å². The maximum Gasteiger partial charge on any atom is 0.299 e. The number of benzene rings is 1. The first-order valence-electron chi connectivity index (χ1n) is 5.37. The fourth-order valence-electron chi connectivity index (χ4n) is 1.54. The number of nitro benzene ring substituents is 2. The summed E-state index contributed by atoms with van der Waals surface area (Å²) in [6.45, 7) is 0. The number of carbonyl (C=O) groups is 1. The van der Waals surface area contributed by atoms with Gasteiger partial charge in [0, 0.05) is 6.07 Å². The lowest BCUT2D eigenvalue weighted by Crippen LogP contribution is -2.13. The molecule has 0 fully saturated rings. The molecule has 1 aromatic heterocycles. The van der Waals surface area contributed by atoms with E-state index in [9.17, 15) is 25.0 Å². The van der Waals surface area contributed by atoms with E-state index in [4.69, 9.17) is 4.42 Å². The summed E-state index contributed by atoms with van der Waals surface area (Å²) in [6, 6.07) is 4.31. The molecule has 0 aliphatic heterocycles. The number of hydrogen-bond donors (Lipinski definition) is 1. The van der Waals surface area contributed by atoms with E-state index in [2.05, 4.69) is 21.2 Å². The van der Waals surface area contributed by atoms with Gasteiger partial charge in [0.15, 0.2) is 4.67 Å². The van der Waals surface area contributed by atoms with Crippen molar-refractivity contribution in [2.24, 2.45) is 0 Å². The smallest absolute Gasteiger partial charge is 0.299 e. The third kappa shape index (κ3) is 3.05. The van der Waals surface area contributed by atoms with Crippen molar-refractivity contribution < 1.29 is 19.1 Å². The van der Waals surface area contributed by atoms with E-state index in [1.807, 2.05) is 0 Å². The Balaban J connectivity index is 2.36. The third-order valence-electron chi connectivity index (χ3n) is 2.50. The molecule has 1 N–H and O–H groups in total. The highest BCUT2D eigenvalue weighted by Crippen LogP contribution is 2.30. The average Bonchev–Trinajstić information content (AvgIpc) is 2.85. The van der Waals surface area contributed by atoms with Crippen LogP contribution >= 0.6 is 15.9 Å². The van der Waals surface area contributed by atoms with Crippen molar-refractivity contribution in [3.8, 4) is 0 Å². The molecule has 0 bridgehead atoms. The fraction of sp³-hybridized carbons (Fsp3) is 0. The minimum absolute atomic E-state index is 0.141. The van der Waals surface area contributed by atoms with Crippen LogP contribution in [0.4, 0.5) is 17.1 Å². The van der Waals surface area contributed by atoms with Crippen LogP contribution in [0.5, 0.6) is 0 Å². The van der Waals surface area contributed by atoms with Gasteiger partial charge in [-0.3, -0.25) is 25.0 Å². The minimum Gasteiger partial charge on any atom is -0.457 e. The van der Waals surface area contributed by atoms with E-state index in [1.165, 1.54) is 12.3 Å². The second-order valence-corrected chi connectivity index (χ2v) is 4.50. The molecule has 0 saturated heterocycles. The van der Waals surface area contributed by atoms with Gasteiger partial charge < -0.3 is 9.73 Å². The Hall–Kier alpha value is -2.75. The highest BCUT2D eigenvalue weighted by Gasteiger charge is 2.22. The zero-order chi connectivity index (χ0) is 15.6. The summed E-state index contributed by atoms with van der Waals surface area (Å²) in [6.07, 6.45) is 1.27. The number of anilines is 1. The quantitative estimate of drug-likeness (QED) is 0.662. The maximum atomic E-state index is 11.9. The largest absolute Gasteiger partial charge is 0.457 e. The summed E-state index contributed by atoms with van der Waals surface area (Å²) in [5.74, 6) is -0.646. The molecule has 0 saturated carbocycles. The number of furan rings is 1. The predicted octanol–water partition coefficient (Wildman–Crippen LogP) is 3.11. The Morgan fingerprint density at radius 3 is 2.43 bits per heavy atom. The molecule has 1 aromatic carbocycles. The molecule has 0 atom stereocenters. The van der Waals surface area contributed by atoms with Crippen molar-refractivity contribution in [2.45, 2.75) is 0 Å². The van der Waals surface area contributed by atoms with Gasteiger partial charge in [-0.25, -0.2) is 0 Å². The van der Waals surface area contributed by atoms with Gasteiger partial charge in [0.25, 0.3) is 17.3 Å². The van der Waals surface area contributed by atoms with E-state index in [0.29, 0.717) is 0 Å². The molecule has 0 unspecified atom stereocenters. The van der Waals surface area contributed by atoms with Crippen molar-refractivity contribution in [3.05, 3.63) is 61.0 Å². The molecule has 10 heteroatoms. The summed E-state index contributed by atoms with van der Waals surface area (Å²) in [5.41, 5.74) is -1.02. The van der Waals surface area contributed by atoms with Crippen molar-refractivity contribution in [1.82, 2.24) is 0 Å². The number of carbonyl (C=O) groups excluding carboxylic acids is 1. The van der Waals surface area contributed by atoms with Crippen molar-refractivity contribution in [3.63, 3.8) is 0 Å². The molecule has 0 spiro atoms. The fourth-order valence-corrected chi connectivity index (χ4v) is 1.96. The lowest BCUT2D eigenvalue weighted by molar-refractivity contribution is -0.393. The number of nitro groups is 2. The summed E-state index contributed by atoms with van der Waals surface area (Å²) in [7, 11) is 0. The molecule has 0 radical (unpaired) electrons. The van der Waals surface area contributed by atoms with E-state index in [-0.39, 0.29) is 15.9 Å². The molecule has 0 aliphatic rings. The third-order valence-corrected chi connectivity index (χ3v) is 3.11. The van der Waals surface area contributed by atoms with Gasteiger partial charge >= 0.3 is 0 Å². The second kappa shape index (κ2) is 5.71. The zero-order valence-corrected chi connectivity index (χ0v) is 11.7. The van der Waals surface area contributed by atoms with Crippen LogP contribution in [0, 0.1) is 20.2 Å². The predicted molar refractivity (Wildman–Crippen MR) is 74.1 cm³/mol. The Morgan fingerprint density at radius 2 is 1.90 bits per heavy atom. The lowest BCUT2D eigenvalue weighted by Gasteiger charge is -2.04. The average molecular weight is 356 g/mol. The molecular formula is C11H6BrN3O6. The highest BCUT2D eigenvalue weighted by molar-refractivity contribution is 9.10. The Morgan fingerprint density at radius 1 is 1.19 bits per heavy atom. The first-order chi connectivity index (χ1) is 9.90. The molecule has 2 aromatic rings. The standard InChI is InChI=1S/C11H6BrN3O6/c12-10-7(3-4-21-10)11(16)13-8-2-1-6(14(17)18)5-9(8)15(19)20/h1-5H,(H,13,16). The van der Waals surface area contributed by atoms with Crippen molar-refractivity contribution in [1.29, 1.82) is 0 Å². The zero-order valence-electron chi connectivity index (χ0n) is 10.1. The van der Waals surface area contributed by atoms with Crippen LogP contribution < -0.4 is 5.32 Å². The van der Waals surface area contributed by atoms with E-state index in [0.717, 1.165) is 18.2 Å². The van der Waals surface area contributed by atoms with Crippen molar-refractivity contribution in [2.75, 3.05) is 5.32 Å². The summed E-state index contributed by atoms with van der Waals surface area (Å²) in [5, 5.41) is 23.9. The molecule has 1 amide bonds. The molecule has 9 nitrogen and oxygen atoms in total. The van der Waals surface area contributed by atoms with Gasteiger partial charge in [0.05, 0.1) is 27.7 Å². The molecule has 0 aliphatic carbocycles. The number of nitrogens with zero attached hydrogens (tertiary/aromatic N) is 2. The van der Waals surface area contributed by atoms with E-state index in [1.54, 1.807) is 0 Å². The number of halogens is 1. The van der Waals surface area contributed by atoms with Crippen LogP contribution in [0.1, 0.15) is 10.4 Å². The van der Waals surface area contributed by atoms with Crippen LogP contribution in [0.3, 0.4) is 0 Å². The van der Waals surface area contributed by atoms with Gasteiger partial charge in [-0.1, -0.05) is 0 Å². The number of hydrogen-bond acceptors (Lipinski definition) is 6. The number of amides is 1. The van der Waals surface area contributed by atoms with E-state index >= 15 is 0 Å². The van der Waals surface area contributed by atoms with Crippen LogP contribution in [-0.4, -0.2) is 15.8 Å². The van der Waals surface area contributed by atoms with E-state index < -0.39 is 27.1 Å². The van der Waals surface area contributed by atoms with Crippen molar-refractivity contribution >= 4 is 38.9 Å². The van der Waals surface area contributed by atoms with Gasteiger partial charge in [0.1, 0.15) is 5.69 Å². The maximum absolute atomic E-state index is 11.9. The van der Waals surface area contributed by atoms with Gasteiger partial charge in [-0.15, -0.1) is 0 Å². The van der Waals surface area contributed by atoms with Crippen LogP contribution in [0.2, 0.25) is 0 Å². The molecule has 2 rings (SSSR count). The Labute approximate surface area is 125 Å². The molecule has 108 valence electrons. The van der Waals surface area contributed by atoms with Crippen LogP contribution in [0.15, 0.2) is 39.6 Å². The second-order valence-electron chi connectivity index (χ2n) is 3.78. The first-order valence-corrected chi connectivity index (χ1v) is 6.16. The molecule has 21 heavy (non-hydrogen) atoms. The van der Waals surface area contributed by atoms with Gasteiger partial charge in [0.2, 0.25) is 0 Å². The van der Waals surface area contributed by atoms with Crippen LogP contribution in [0.25, 0.3) is 0 Å². The van der Waals surface area contributed by atoms with Gasteiger partial charge in [-0.05, 0) is 28.1 Å². The number of nitrogens with one attached hydrogen (secondary N) is 1. The molecular weight excluding hydrogens is 350 g/mol. The summed E-state index contributed by atoms with van der Waals surface area (Å²) < 4.78 is 5.06.